The number of benzene rings is 1. The molecule has 2 N–H and O–H groups in total. The van der Waals surface area contributed by atoms with Gasteiger partial charge in [0.05, 0.1) is 0 Å². The summed E-state index contributed by atoms with van der Waals surface area (Å²) in [4.78, 5) is 2.40. The number of fused-ring (bicyclic) bond motifs is 1. The molecule has 0 radical (unpaired) electrons. The van der Waals surface area contributed by atoms with E-state index in [2.05, 4.69) is 26.1 Å². The zero-order chi connectivity index (χ0) is 13.9. The van der Waals surface area contributed by atoms with Crippen LogP contribution >= 0.6 is 15.9 Å². The molecule has 110 valence electrons. The fourth-order valence-corrected chi connectivity index (χ4v) is 3.15. The van der Waals surface area contributed by atoms with Crippen LogP contribution in [0.25, 0.3) is 0 Å². The van der Waals surface area contributed by atoms with Crippen LogP contribution in [-0.4, -0.2) is 55.9 Å². The third-order valence-electron chi connectivity index (χ3n) is 3.73. The van der Waals surface area contributed by atoms with Gasteiger partial charge >= 0.3 is 0 Å². The molecule has 3 rings (SSSR count). The number of nitrogens with zero attached hydrogens (tertiary/aromatic N) is 1. The van der Waals surface area contributed by atoms with Crippen LogP contribution in [0.2, 0.25) is 0 Å². The average molecular weight is 343 g/mol. The van der Waals surface area contributed by atoms with E-state index in [9.17, 15) is 5.11 Å². The molecule has 2 heterocycles. The van der Waals surface area contributed by atoms with Crippen LogP contribution in [0.3, 0.4) is 0 Å². The average Bonchev–Trinajstić information content (AvgIpc) is 2.50. The minimum atomic E-state index is 0.268. The van der Waals surface area contributed by atoms with Crippen molar-refractivity contribution in [2.45, 2.75) is 6.42 Å². The van der Waals surface area contributed by atoms with Gasteiger partial charge in [0, 0.05) is 38.3 Å². The van der Waals surface area contributed by atoms with Crippen LogP contribution in [0.4, 0.5) is 0 Å². The van der Waals surface area contributed by atoms with Crippen molar-refractivity contribution in [2.24, 2.45) is 0 Å². The largest absolute Gasteiger partial charge is 0.506 e. The summed E-state index contributed by atoms with van der Waals surface area (Å²) in [5.74, 6) is 1.60. The van der Waals surface area contributed by atoms with E-state index < -0.39 is 0 Å². The number of piperazine rings is 1. The van der Waals surface area contributed by atoms with E-state index in [0.717, 1.165) is 50.5 Å². The van der Waals surface area contributed by atoms with Crippen LogP contribution in [0.5, 0.6) is 17.2 Å². The minimum Gasteiger partial charge on any atom is -0.506 e. The lowest BCUT2D eigenvalue weighted by Gasteiger charge is -2.27. The first-order valence-electron chi connectivity index (χ1n) is 6.98. The Bertz CT molecular complexity index is 490. The third-order valence-corrected chi connectivity index (χ3v) is 4.47. The maximum Gasteiger partial charge on any atom is 0.179 e. The molecule has 0 saturated carbocycles. The summed E-state index contributed by atoms with van der Waals surface area (Å²) >= 11 is 3.40. The second-order valence-electron chi connectivity index (χ2n) is 5.06. The zero-order valence-electron chi connectivity index (χ0n) is 11.3. The molecular formula is C14H19BrN2O3. The Hall–Kier alpha value is -0.980. The Morgan fingerprint density at radius 3 is 2.80 bits per heavy atom. The molecular weight excluding hydrogens is 324 g/mol. The molecule has 20 heavy (non-hydrogen) atoms. The lowest BCUT2D eigenvalue weighted by Crippen LogP contribution is -2.44. The Morgan fingerprint density at radius 1 is 1.25 bits per heavy atom. The number of ether oxygens (including phenoxy) is 2. The number of aromatic hydroxyl groups is 1. The first-order valence-corrected chi connectivity index (χ1v) is 7.78. The summed E-state index contributed by atoms with van der Waals surface area (Å²) in [7, 11) is 0. The standard InChI is InChI=1S/C14H19BrN2O3/c15-12-13(18)10(1-4-17-5-2-16-3-6-17)9-11-14(12)20-8-7-19-11/h9,16,18H,1-8H2. The number of phenolic OH excluding ortho intramolecular Hbond substituents is 1. The molecule has 2 aliphatic heterocycles. The van der Waals surface area contributed by atoms with E-state index in [4.69, 9.17) is 9.47 Å². The van der Waals surface area contributed by atoms with Crippen molar-refractivity contribution >= 4 is 15.9 Å². The minimum absolute atomic E-state index is 0.268. The van der Waals surface area contributed by atoms with Crippen molar-refractivity contribution in [1.82, 2.24) is 10.2 Å². The van der Waals surface area contributed by atoms with Gasteiger partial charge in [-0.15, -0.1) is 0 Å². The number of halogens is 1. The predicted molar refractivity (Wildman–Crippen MR) is 79.8 cm³/mol. The van der Waals surface area contributed by atoms with Gasteiger partial charge in [0.25, 0.3) is 0 Å². The Kier molecular flexibility index (Phi) is 4.33. The van der Waals surface area contributed by atoms with Crippen LogP contribution in [0, 0.1) is 0 Å². The van der Waals surface area contributed by atoms with Crippen LogP contribution in [-0.2, 0) is 6.42 Å². The molecule has 0 spiro atoms. The first kappa shape index (κ1) is 14.0. The van der Waals surface area contributed by atoms with E-state index in [0.29, 0.717) is 23.4 Å². The molecule has 0 amide bonds. The van der Waals surface area contributed by atoms with Gasteiger partial charge < -0.3 is 24.8 Å². The van der Waals surface area contributed by atoms with E-state index >= 15 is 0 Å². The summed E-state index contributed by atoms with van der Waals surface area (Å²) in [5, 5.41) is 13.6. The molecule has 1 fully saturated rings. The summed E-state index contributed by atoms with van der Waals surface area (Å²) < 4.78 is 11.7. The Morgan fingerprint density at radius 2 is 2.00 bits per heavy atom. The van der Waals surface area contributed by atoms with Gasteiger partial charge in [-0.2, -0.15) is 0 Å². The van der Waals surface area contributed by atoms with Crippen molar-refractivity contribution in [3.05, 3.63) is 16.1 Å². The highest BCUT2D eigenvalue weighted by Crippen LogP contribution is 2.45. The fourth-order valence-electron chi connectivity index (χ4n) is 2.59. The highest BCUT2D eigenvalue weighted by atomic mass is 79.9. The molecule has 6 heteroatoms. The maximum atomic E-state index is 10.3. The number of nitrogens with one attached hydrogen (secondary N) is 1. The lowest BCUT2D eigenvalue weighted by molar-refractivity contribution is 0.169. The van der Waals surface area contributed by atoms with Gasteiger partial charge in [0.15, 0.2) is 11.5 Å². The molecule has 5 nitrogen and oxygen atoms in total. The Labute approximate surface area is 127 Å². The van der Waals surface area contributed by atoms with Gasteiger partial charge in [-0.3, -0.25) is 0 Å². The summed E-state index contributed by atoms with van der Waals surface area (Å²) in [6.45, 7) is 6.22. The van der Waals surface area contributed by atoms with Gasteiger partial charge in [0.1, 0.15) is 23.4 Å². The van der Waals surface area contributed by atoms with Crippen LogP contribution in [0.1, 0.15) is 5.56 Å². The summed E-state index contributed by atoms with van der Waals surface area (Å²) in [6.07, 6.45) is 0.807. The van der Waals surface area contributed by atoms with Crippen molar-refractivity contribution in [3.8, 4) is 17.2 Å². The number of hydrogen-bond donors (Lipinski definition) is 2. The zero-order valence-corrected chi connectivity index (χ0v) is 12.9. The number of hydrogen-bond acceptors (Lipinski definition) is 5. The molecule has 0 bridgehead atoms. The lowest BCUT2D eigenvalue weighted by atomic mass is 10.1. The van der Waals surface area contributed by atoms with Gasteiger partial charge in [-0.1, -0.05) is 0 Å². The molecule has 0 aromatic heterocycles. The normalized spacial score (nSPS) is 19.1. The van der Waals surface area contributed by atoms with Gasteiger partial charge in [-0.25, -0.2) is 0 Å². The molecule has 2 aliphatic rings. The first-order chi connectivity index (χ1) is 9.75. The quantitative estimate of drug-likeness (QED) is 0.868. The van der Waals surface area contributed by atoms with Crippen molar-refractivity contribution < 1.29 is 14.6 Å². The van der Waals surface area contributed by atoms with Crippen molar-refractivity contribution in [3.63, 3.8) is 0 Å². The van der Waals surface area contributed by atoms with Gasteiger partial charge in [0.2, 0.25) is 0 Å². The summed E-state index contributed by atoms with van der Waals surface area (Å²) in [6, 6.07) is 1.90. The molecule has 1 saturated heterocycles. The Balaban J connectivity index is 1.73. The highest BCUT2D eigenvalue weighted by molar-refractivity contribution is 9.10. The molecule has 0 unspecified atom stereocenters. The van der Waals surface area contributed by atoms with E-state index in [1.807, 2.05) is 6.07 Å². The van der Waals surface area contributed by atoms with E-state index in [-0.39, 0.29) is 5.75 Å². The smallest absolute Gasteiger partial charge is 0.179 e. The van der Waals surface area contributed by atoms with Crippen molar-refractivity contribution in [1.29, 1.82) is 0 Å². The van der Waals surface area contributed by atoms with Crippen LogP contribution < -0.4 is 14.8 Å². The number of phenols is 1. The monoisotopic (exact) mass is 342 g/mol. The highest BCUT2D eigenvalue weighted by Gasteiger charge is 2.21. The molecule has 0 atom stereocenters. The maximum absolute atomic E-state index is 10.3. The number of rotatable bonds is 3. The third kappa shape index (κ3) is 2.87. The van der Waals surface area contributed by atoms with E-state index in [1.54, 1.807) is 0 Å². The van der Waals surface area contributed by atoms with E-state index in [1.165, 1.54) is 0 Å². The predicted octanol–water partition coefficient (Wildman–Crippen LogP) is 1.37. The fraction of sp³-hybridized carbons (Fsp3) is 0.571. The molecule has 1 aromatic rings. The van der Waals surface area contributed by atoms with Crippen molar-refractivity contribution in [2.75, 3.05) is 45.9 Å². The second-order valence-corrected chi connectivity index (χ2v) is 5.86. The topological polar surface area (TPSA) is 54.0 Å². The molecule has 1 aromatic carbocycles. The molecule has 0 aliphatic carbocycles. The summed E-state index contributed by atoms with van der Waals surface area (Å²) in [5.41, 5.74) is 0.902. The second kappa shape index (κ2) is 6.20. The SMILES string of the molecule is Oc1c(CCN2CCNCC2)cc2c(c1Br)OCCO2. The van der Waals surface area contributed by atoms with Crippen LogP contribution in [0.15, 0.2) is 10.5 Å². The van der Waals surface area contributed by atoms with Gasteiger partial charge in [-0.05, 0) is 28.4 Å².